The molecule has 1 saturated carbocycles. The van der Waals surface area contributed by atoms with Crippen LogP contribution in [0.15, 0.2) is 18.2 Å². The average molecular weight is 256 g/mol. The van der Waals surface area contributed by atoms with Gasteiger partial charge in [-0.3, -0.25) is 0 Å². The van der Waals surface area contributed by atoms with E-state index in [0.717, 1.165) is 35.7 Å². The van der Waals surface area contributed by atoms with Crippen molar-refractivity contribution in [1.82, 2.24) is 0 Å². The molecule has 1 aromatic rings. The Morgan fingerprint density at radius 1 is 1.38 bits per heavy atom. The fourth-order valence-electron chi connectivity index (χ4n) is 1.79. The Kier molecular flexibility index (Phi) is 2.57. The van der Waals surface area contributed by atoms with Gasteiger partial charge in [0.2, 0.25) is 0 Å². The molecule has 2 aliphatic rings. The first-order chi connectivity index (χ1) is 7.67. The van der Waals surface area contributed by atoms with Crippen molar-refractivity contribution in [3.63, 3.8) is 0 Å². The van der Waals surface area contributed by atoms with Crippen LogP contribution in [-0.2, 0) is 5.54 Å². The summed E-state index contributed by atoms with van der Waals surface area (Å²) in [6, 6.07) is 5.95. The third-order valence-corrected chi connectivity index (χ3v) is 4.71. The Balaban J connectivity index is 1.79. The van der Waals surface area contributed by atoms with E-state index in [1.54, 1.807) is 0 Å². The molecule has 1 aromatic carbocycles. The minimum atomic E-state index is -0.117. The van der Waals surface area contributed by atoms with Crippen LogP contribution in [-0.4, -0.2) is 17.6 Å². The Labute approximate surface area is 104 Å². The second kappa shape index (κ2) is 3.83. The minimum Gasteiger partial charge on any atom is -0.487 e. The number of ether oxygens (including phenoxy) is 1. The highest BCUT2D eigenvalue weighted by Gasteiger charge is 2.40. The van der Waals surface area contributed by atoms with E-state index in [4.69, 9.17) is 22.1 Å². The number of nitrogens with two attached hydrogens (primary N) is 1. The van der Waals surface area contributed by atoms with Crippen molar-refractivity contribution in [2.45, 2.75) is 24.5 Å². The highest BCUT2D eigenvalue weighted by Crippen LogP contribution is 2.44. The second-order valence-electron chi connectivity index (χ2n) is 4.58. The van der Waals surface area contributed by atoms with Gasteiger partial charge in [0.25, 0.3) is 0 Å². The first kappa shape index (κ1) is 10.8. The number of benzene rings is 1. The van der Waals surface area contributed by atoms with Crippen LogP contribution < -0.4 is 10.5 Å². The zero-order valence-electron chi connectivity index (χ0n) is 8.91. The maximum Gasteiger partial charge on any atom is 0.138 e. The third kappa shape index (κ3) is 1.92. The summed E-state index contributed by atoms with van der Waals surface area (Å²) in [7, 11) is 0. The first-order valence-electron chi connectivity index (χ1n) is 5.51. The van der Waals surface area contributed by atoms with Crippen LogP contribution in [0.5, 0.6) is 5.75 Å². The summed E-state index contributed by atoms with van der Waals surface area (Å²) in [6.07, 6.45) is 2.45. The molecule has 3 rings (SSSR count). The molecular formula is C12H14ClNOS. The zero-order chi connectivity index (χ0) is 11.2. The van der Waals surface area contributed by atoms with E-state index >= 15 is 0 Å². The predicted molar refractivity (Wildman–Crippen MR) is 68.3 cm³/mol. The number of thioether (sulfide) groups is 1. The fraction of sp³-hybridized carbons (Fsp3) is 0.500. The van der Waals surface area contributed by atoms with Crippen LogP contribution in [0.1, 0.15) is 18.4 Å². The van der Waals surface area contributed by atoms with Gasteiger partial charge in [-0.2, -0.15) is 11.8 Å². The van der Waals surface area contributed by atoms with Gasteiger partial charge >= 0.3 is 0 Å². The molecule has 1 heterocycles. The van der Waals surface area contributed by atoms with Crippen molar-refractivity contribution in [3.05, 3.63) is 28.8 Å². The van der Waals surface area contributed by atoms with E-state index in [-0.39, 0.29) is 5.54 Å². The van der Waals surface area contributed by atoms with Gasteiger partial charge in [-0.05, 0) is 30.5 Å². The van der Waals surface area contributed by atoms with E-state index in [0.29, 0.717) is 11.1 Å². The van der Waals surface area contributed by atoms with Crippen LogP contribution in [0.3, 0.4) is 0 Å². The van der Waals surface area contributed by atoms with Crippen molar-refractivity contribution >= 4 is 23.4 Å². The van der Waals surface area contributed by atoms with Gasteiger partial charge in [-0.15, -0.1) is 0 Å². The van der Waals surface area contributed by atoms with Crippen LogP contribution in [0.4, 0.5) is 0 Å². The maximum absolute atomic E-state index is 6.20. The highest BCUT2D eigenvalue weighted by molar-refractivity contribution is 8.00. The summed E-state index contributed by atoms with van der Waals surface area (Å²) in [6.45, 7) is 0. The summed E-state index contributed by atoms with van der Waals surface area (Å²) in [5, 5.41) is 0.686. The molecular weight excluding hydrogens is 242 g/mol. The molecule has 16 heavy (non-hydrogen) atoms. The third-order valence-electron chi connectivity index (χ3n) is 3.20. The number of hydrogen-bond donors (Lipinski definition) is 1. The maximum atomic E-state index is 6.20. The number of hydrogen-bond acceptors (Lipinski definition) is 3. The molecule has 0 spiro atoms. The summed E-state index contributed by atoms with van der Waals surface area (Å²) in [5.74, 6) is 2.93. The van der Waals surface area contributed by atoms with Gasteiger partial charge in [-0.25, -0.2) is 0 Å². The van der Waals surface area contributed by atoms with Crippen molar-refractivity contribution in [3.8, 4) is 5.75 Å². The molecule has 0 aromatic heterocycles. The molecule has 1 aliphatic heterocycles. The molecule has 86 valence electrons. The minimum absolute atomic E-state index is 0.117. The molecule has 4 heteroatoms. The van der Waals surface area contributed by atoms with Gasteiger partial charge in [-0.1, -0.05) is 17.7 Å². The number of rotatable bonds is 3. The number of halogens is 1. The second-order valence-corrected chi connectivity index (χ2v) is 6.06. The van der Waals surface area contributed by atoms with Crippen molar-refractivity contribution < 1.29 is 4.74 Å². The monoisotopic (exact) mass is 255 g/mol. The summed E-state index contributed by atoms with van der Waals surface area (Å²) in [4.78, 5) is 0. The quantitative estimate of drug-likeness (QED) is 0.902. The molecule has 2 N–H and O–H groups in total. The lowest BCUT2D eigenvalue weighted by molar-refractivity contribution is 0.240. The molecule has 2 fully saturated rings. The molecule has 0 unspecified atom stereocenters. The molecule has 1 saturated heterocycles. The van der Waals surface area contributed by atoms with Gasteiger partial charge in [0.05, 0.1) is 5.02 Å². The van der Waals surface area contributed by atoms with E-state index < -0.39 is 0 Å². The van der Waals surface area contributed by atoms with Crippen LogP contribution >= 0.6 is 23.4 Å². The summed E-state index contributed by atoms with van der Waals surface area (Å²) in [5.41, 5.74) is 7.14. The Morgan fingerprint density at radius 2 is 2.12 bits per heavy atom. The zero-order valence-corrected chi connectivity index (χ0v) is 10.5. The normalized spacial score (nSPS) is 22.6. The van der Waals surface area contributed by atoms with Gasteiger partial charge in [0.15, 0.2) is 0 Å². The molecule has 1 aliphatic carbocycles. The Hall–Kier alpha value is -0.380. The lowest BCUT2D eigenvalue weighted by Gasteiger charge is -2.26. The molecule has 0 amide bonds. The summed E-state index contributed by atoms with van der Waals surface area (Å²) < 4.78 is 5.78. The molecule has 0 atom stereocenters. The van der Waals surface area contributed by atoms with E-state index in [2.05, 4.69) is 0 Å². The lowest BCUT2D eigenvalue weighted by atomic mass is 10.1. The Morgan fingerprint density at radius 3 is 2.62 bits per heavy atom. The SMILES string of the molecule is NC1(c2ccc(OC3CSC3)c(Cl)c2)CC1. The molecule has 0 radical (unpaired) electrons. The predicted octanol–water partition coefficient (Wildman–Crippen LogP) is 2.78. The molecule has 2 nitrogen and oxygen atoms in total. The van der Waals surface area contributed by atoms with Crippen LogP contribution in [0, 0.1) is 0 Å². The lowest BCUT2D eigenvalue weighted by Crippen LogP contribution is -2.31. The van der Waals surface area contributed by atoms with Crippen molar-refractivity contribution in [1.29, 1.82) is 0 Å². The average Bonchev–Trinajstić information content (AvgIpc) is 2.93. The van der Waals surface area contributed by atoms with Crippen molar-refractivity contribution in [2.24, 2.45) is 5.73 Å². The van der Waals surface area contributed by atoms with Gasteiger partial charge < -0.3 is 10.5 Å². The molecule has 0 bridgehead atoms. The smallest absolute Gasteiger partial charge is 0.138 e. The Bertz CT molecular complexity index is 415. The summed E-state index contributed by atoms with van der Waals surface area (Å²) >= 11 is 8.10. The van der Waals surface area contributed by atoms with E-state index in [1.807, 2.05) is 30.0 Å². The fourth-order valence-corrected chi connectivity index (χ4v) is 2.58. The largest absolute Gasteiger partial charge is 0.487 e. The van der Waals surface area contributed by atoms with E-state index in [9.17, 15) is 0 Å². The van der Waals surface area contributed by atoms with Crippen molar-refractivity contribution in [2.75, 3.05) is 11.5 Å². The standard InChI is InChI=1S/C12H14ClNOS/c13-10-5-8(12(14)3-4-12)1-2-11(10)15-9-6-16-7-9/h1-2,5,9H,3-4,6-7,14H2. The topological polar surface area (TPSA) is 35.2 Å². The van der Waals surface area contributed by atoms with Crippen LogP contribution in [0.25, 0.3) is 0 Å². The van der Waals surface area contributed by atoms with Crippen LogP contribution in [0.2, 0.25) is 5.02 Å². The highest BCUT2D eigenvalue weighted by atomic mass is 35.5. The first-order valence-corrected chi connectivity index (χ1v) is 7.04. The van der Waals surface area contributed by atoms with E-state index in [1.165, 1.54) is 0 Å². The van der Waals surface area contributed by atoms with Gasteiger partial charge in [0.1, 0.15) is 11.9 Å². The van der Waals surface area contributed by atoms with Gasteiger partial charge in [0, 0.05) is 17.0 Å².